The predicted molar refractivity (Wildman–Crippen MR) is 132 cm³/mol. The molecule has 4 saturated carbocycles. The Morgan fingerprint density at radius 2 is 1.66 bits per heavy atom. The van der Waals surface area contributed by atoms with Crippen molar-refractivity contribution >= 4 is 12.1 Å². The van der Waals surface area contributed by atoms with Crippen LogP contribution in [-0.4, -0.2) is 12.1 Å². The van der Waals surface area contributed by atoms with Crippen molar-refractivity contribution in [3.63, 3.8) is 0 Å². The molecule has 0 spiro atoms. The first-order valence-corrected chi connectivity index (χ1v) is 13.2. The van der Waals surface area contributed by atoms with E-state index in [0.717, 1.165) is 49.4 Å². The quantitative estimate of drug-likeness (QED) is 0.250. The molecule has 0 N–H and O–H groups in total. The van der Waals surface area contributed by atoms with Crippen molar-refractivity contribution in [1.29, 1.82) is 0 Å². The van der Waals surface area contributed by atoms with Crippen LogP contribution in [0.15, 0.2) is 23.8 Å². The summed E-state index contributed by atoms with van der Waals surface area (Å²) in [5.74, 6) is 3.14. The Bertz CT molecular complexity index is 834. The van der Waals surface area contributed by atoms with Gasteiger partial charge in [-0.3, -0.25) is 9.59 Å². The molecular weight excluding hydrogens is 392 g/mol. The lowest BCUT2D eigenvalue weighted by molar-refractivity contribution is -0.201. The molecule has 4 unspecified atom stereocenters. The highest BCUT2D eigenvalue weighted by Gasteiger charge is 2.68. The highest BCUT2D eigenvalue weighted by atomic mass is 16.1. The van der Waals surface area contributed by atoms with Gasteiger partial charge in [-0.05, 0) is 110 Å². The van der Waals surface area contributed by atoms with E-state index >= 15 is 0 Å². The number of ketones is 1. The van der Waals surface area contributed by atoms with Crippen LogP contribution in [0.1, 0.15) is 106 Å². The average molecular weight is 439 g/mol. The molecule has 0 amide bonds. The molecule has 178 valence electrons. The van der Waals surface area contributed by atoms with Crippen LogP contribution in [0.2, 0.25) is 0 Å². The lowest BCUT2D eigenvalue weighted by atomic mass is 9.35. The smallest absolute Gasteiger partial charge is 0.145 e. The van der Waals surface area contributed by atoms with Gasteiger partial charge < -0.3 is 0 Å². The molecular formula is C30H46O2. The molecule has 4 aliphatic rings. The minimum atomic E-state index is -0.161. The topological polar surface area (TPSA) is 34.1 Å². The highest BCUT2D eigenvalue weighted by Crippen LogP contribution is 2.75. The number of allylic oxidation sites excluding steroid dienone is 3. The SMILES string of the molecule is C=C(CC/C=C(/C)C=O)C1CC[C@]2(C)C1CCC1[C@@]3(C)CCC(=O)C(C)(C)C3CC[C@]12C. The van der Waals surface area contributed by atoms with Crippen molar-refractivity contribution in [3.8, 4) is 0 Å². The number of Topliss-reactive ketones (excluding diaryl/α,β-unsaturated/α-hetero) is 1. The lowest BCUT2D eigenvalue weighted by Crippen LogP contribution is -2.63. The van der Waals surface area contributed by atoms with E-state index in [0.29, 0.717) is 33.9 Å². The fourth-order valence-corrected chi connectivity index (χ4v) is 9.75. The van der Waals surface area contributed by atoms with Crippen molar-refractivity contribution in [1.82, 2.24) is 0 Å². The van der Waals surface area contributed by atoms with E-state index < -0.39 is 0 Å². The molecule has 0 saturated heterocycles. The van der Waals surface area contributed by atoms with E-state index in [1.165, 1.54) is 44.1 Å². The molecule has 0 heterocycles. The Kier molecular flexibility index (Phi) is 5.95. The van der Waals surface area contributed by atoms with Crippen LogP contribution >= 0.6 is 0 Å². The largest absolute Gasteiger partial charge is 0.299 e. The van der Waals surface area contributed by atoms with Gasteiger partial charge in [0.1, 0.15) is 12.1 Å². The lowest BCUT2D eigenvalue weighted by Gasteiger charge is -2.69. The summed E-state index contributed by atoms with van der Waals surface area (Å²) in [6.07, 6.45) is 14.6. The fourth-order valence-electron chi connectivity index (χ4n) is 9.75. The molecule has 2 heteroatoms. The summed E-state index contributed by atoms with van der Waals surface area (Å²) in [5, 5.41) is 0. The van der Waals surface area contributed by atoms with E-state index in [1.54, 1.807) is 0 Å². The minimum Gasteiger partial charge on any atom is -0.299 e. The van der Waals surface area contributed by atoms with Crippen LogP contribution in [0.4, 0.5) is 0 Å². The maximum atomic E-state index is 12.8. The van der Waals surface area contributed by atoms with Crippen LogP contribution in [0, 0.1) is 45.3 Å². The van der Waals surface area contributed by atoms with E-state index in [2.05, 4.69) is 47.3 Å². The number of hydrogen-bond acceptors (Lipinski definition) is 2. The molecule has 4 aliphatic carbocycles. The van der Waals surface area contributed by atoms with Gasteiger partial charge in [-0.2, -0.15) is 0 Å². The fraction of sp³-hybridized carbons (Fsp3) is 0.800. The third kappa shape index (κ3) is 3.25. The van der Waals surface area contributed by atoms with Crippen LogP contribution in [-0.2, 0) is 9.59 Å². The van der Waals surface area contributed by atoms with Gasteiger partial charge in [-0.25, -0.2) is 0 Å². The first kappa shape index (κ1) is 24.0. The maximum absolute atomic E-state index is 12.8. The molecule has 2 nitrogen and oxygen atoms in total. The molecule has 0 aromatic heterocycles. The molecule has 32 heavy (non-hydrogen) atoms. The molecule has 0 aromatic rings. The van der Waals surface area contributed by atoms with Crippen LogP contribution in [0.5, 0.6) is 0 Å². The normalized spacial score (nSPS) is 45.6. The Morgan fingerprint density at radius 3 is 2.34 bits per heavy atom. The van der Waals surface area contributed by atoms with Gasteiger partial charge in [0.15, 0.2) is 0 Å². The average Bonchev–Trinajstić information content (AvgIpc) is 3.09. The summed E-state index contributed by atoms with van der Waals surface area (Å²) < 4.78 is 0. The molecule has 0 aliphatic heterocycles. The highest BCUT2D eigenvalue weighted by molar-refractivity contribution is 5.85. The first-order valence-electron chi connectivity index (χ1n) is 13.2. The van der Waals surface area contributed by atoms with Gasteiger partial charge in [0.05, 0.1) is 0 Å². The number of carbonyl (C=O) groups is 2. The van der Waals surface area contributed by atoms with Crippen LogP contribution in [0.25, 0.3) is 0 Å². The van der Waals surface area contributed by atoms with E-state index in [4.69, 9.17) is 0 Å². The summed E-state index contributed by atoms with van der Waals surface area (Å²) in [7, 11) is 0. The van der Waals surface area contributed by atoms with Gasteiger partial charge in [-0.1, -0.05) is 52.8 Å². The van der Waals surface area contributed by atoms with Gasteiger partial charge in [0.2, 0.25) is 0 Å². The molecule has 0 aromatic carbocycles. The van der Waals surface area contributed by atoms with Gasteiger partial charge >= 0.3 is 0 Å². The van der Waals surface area contributed by atoms with E-state index in [9.17, 15) is 9.59 Å². The second kappa shape index (κ2) is 7.95. The summed E-state index contributed by atoms with van der Waals surface area (Å²) >= 11 is 0. The van der Waals surface area contributed by atoms with E-state index in [-0.39, 0.29) is 5.41 Å². The van der Waals surface area contributed by atoms with Crippen molar-refractivity contribution in [2.75, 3.05) is 0 Å². The number of fused-ring (bicyclic) bond motifs is 5. The van der Waals surface area contributed by atoms with Crippen LogP contribution in [0.3, 0.4) is 0 Å². The van der Waals surface area contributed by atoms with Crippen molar-refractivity contribution < 1.29 is 9.59 Å². The summed E-state index contributed by atoms with van der Waals surface area (Å²) in [6.45, 7) is 18.7. The molecule has 0 radical (unpaired) electrons. The Balaban J connectivity index is 1.57. The van der Waals surface area contributed by atoms with Gasteiger partial charge in [-0.15, -0.1) is 0 Å². The van der Waals surface area contributed by atoms with Crippen molar-refractivity contribution in [2.45, 2.75) is 106 Å². The first-order chi connectivity index (χ1) is 14.9. The summed E-state index contributed by atoms with van der Waals surface area (Å²) in [6, 6.07) is 0. The third-order valence-electron chi connectivity index (χ3n) is 11.8. The predicted octanol–water partition coefficient (Wildman–Crippen LogP) is 7.72. The Labute approximate surface area is 196 Å². The van der Waals surface area contributed by atoms with Crippen molar-refractivity contribution in [2.24, 2.45) is 45.3 Å². The third-order valence-corrected chi connectivity index (χ3v) is 11.8. The number of rotatable bonds is 5. The zero-order valence-corrected chi connectivity index (χ0v) is 21.6. The second-order valence-electron chi connectivity index (χ2n) is 13.2. The zero-order valence-electron chi connectivity index (χ0n) is 21.6. The van der Waals surface area contributed by atoms with Gasteiger partial charge in [0, 0.05) is 11.8 Å². The second-order valence-corrected chi connectivity index (χ2v) is 13.2. The monoisotopic (exact) mass is 438 g/mol. The molecule has 4 fully saturated rings. The summed E-state index contributed by atoms with van der Waals surface area (Å²) in [5.41, 5.74) is 3.12. The Hall–Kier alpha value is -1.18. The summed E-state index contributed by atoms with van der Waals surface area (Å²) in [4.78, 5) is 23.7. The van der Waals surface area contributed by atoms with E-state index in [1.807, 2.05) is 6.92 Å². The van der Waals surface area contributed by atoms with Crippen molar-refractivity contribution in [3.05, 3.63) is 23.8 Å². The van der Waals surface area contributed by atoms with Crippen LogP contribution < -0.4 is 0 Å². The molecule has 0 bridgehead atoms. The number of hydrogen-bond donors (Lipinski definition) is 0. The molecule has 4 rings (SSSR count). The maximum Gasteiger partial charge on any atom is 0.145 e. The minimum absolute atomic E-state index is 0.161. The molecule has 7 atom stereocenters. The Morgan fingerprint density at radius 1 is 0.969 bits per heavy atom. The zero-order chi connectivity index (χ0) is 23.5. The number of carbonyl (C=O) groups excluding carboxylic acids is 2. The number of aldehydes is 1. The van der Waals surface area contributed by atoms with Gasteiger partial charge in [0.25, 0.3) is 0 Å². The standard InChI is InChI=1S/C30H46O2/c1-20(19-31)9-8-10-21(2)22-13-17-29(6)23(22)11-12-25-28(5)16-15-26(32)27(3,4)24(28)14-18-30(25,29)7/h9,19,22-25H,2,8,10-18H2,1,3-7H3/b20-9-/t22?,23?,24?,25?,28-,29+,30+/m0/s1.